The molecule has 0 radical (unpaired) electrons. The quantitative estimate of drug-likeness (QED) is 0.645. The number of rotatable bonds is 1. The number of halogens is 1. The van der Waals surface area contributed by atoms with Crippen LogP contribution in [0.2, 0.25) is 0 Å². The van der Waals surface area contributed by atoms with E-state index in [9.17, 15) is 0 Å². The Balaban J connectivity index is 0.000000980. The fraction of sp³-hybridized carbons (Fsp3) is 0.273. The number of para-hydroxylation sites is 1. The highest BCUT2D eigenvalue weighted by molar-refractivity contribution is 7.95. The van der Waals surface area contributed by atoms with Gasteiger partial charge in [0.25, 0.3) is 0 Å². The number of benzene rings is 1. The largest absolute Gasteiger partial charge is 1.00 e. The van der Waals surface area contributed by atoms with Crippen molar-refractivity contribution in [2.24, 2.45) is 0 Å². The van der Waals surface area contributed by atoms with Crippen LogP contribution in [0.3, 0.4) is 0 Å². The van der Waals surface area contributed by atoms with Gasteiger partial charge in [0.1, 0.15) is 12.5 Å². The molecular formula is C11H14ClNS. The van der Waals surface area contributed by atoms with Crippen molar-refractivity contribution in [1.29, 1.82) is 0 Å². The predicted octanol–water partition coefficient (Wildman–Crippen LogP) is -0.283. The molecule has 0 amide bonds. The maximum Gasteiger partial charge on any atom is 0.182 e. The highest BCUT2D eigenvalue weighted by Gasteiger charge is 2.18. The Kier molecular flexibility index (Phi) is 3.51. The molecule has 0 unspecified atom stereocenters. The first-order valence-corrected chi connectivity index (χ1v) is 6.39. The molecule has 14 heavy (non-hydrogen) atoms. The lowest BCUT2D eigenvalue weighted by molar-refractivity contribution is -0.00000293. The highest BCUT2D eigenvalue weighted by Crippen LogP contribution is 2.25. The number of aromatic nitrogens is 1. The summed E-state index contributed by atoms with van der Waals surface area (Å²) >= 11 is 0. The minimum absolute atomic E-state index is 0. The summed E-state index contributed by atoms with van der Waals surface area (Å²) in [6.45, 7) is 2.16. The van der Waals surface area contributed by atoms with E-state index in [1.54, 1.807) is 0 Å². The molecule has 1 aromatic carbocycles. The third-order valence-corrected chi connectivity index (χ3v) is 3.59. The van der Waals surface area contributed by atoms with Crippen molar-refractivity contribution in [3.63, 3.8) is 0 Å². The zero-order valence-electron chi connectivity index (χ0n) is 8.60. The van der Waals surface area contributed by atoms with E-state index in [0.29, 0.717) is 10.9 Å². The van der Waals surface area contributed by atoms with Crippen molar-refractivity contribution in [2.75, 3.05) is 12.5 Å². The lowest BCUT2D eigenvalue weighted by Gasteiger charge is -1.94. The summed E-state index contributed by atoms with van der Waals surface area (Å²) in [6, 6.07) is 8.51. The van der Waals surface area contributed by atoms with E-state index in [-0.39, 0.29) is 12.4 Å². The molecule has 1 N–H and O–H groups in total. The second kappa shape index (κ2) is 4.28. The summed E-state index contributed by atoms with van der Waals surface area (Å²) in [5, 5.41) is 1.38. The minimum Gasteiger partial charge on any atom is -1.00 e. The van der Waals surface area contributed by atoms with E-state index >= 15 is 0 Å². The van der Waals surface area contributed by atoms with Gasteiger partial charge in [-0.15, -0.1) is 0 Å². The van der Waals surface area contributed by atoms with E-state index in [1.807, 2.05) is 0 Å². The fourth-order valence-corrected chi connectivity index (χ4v) is 3.06. The minimum atomic E-state index is 0. The average Bonchev–Trinajstić information content (AvgIpc) is 2.39. The SMILES string of the molecule is Cc1[nH]c2ccccc2c1[S+](C)C.[Cl-]. The van der Waals surface area contributed by atoms with E-state index < -0.39 is 0 Å². The number of nitrogens with one attached hydrogen (secondary N) is 1. The van der Waals surface area contributed by atoms with Crippen molar-refractivity contribution in [3.05, 3.63) is 30.0 Å². The van der Waals surface area contributed by atoms with E-state index in [0.717, 1.165) is 0 Å². The zero-order valence-corrected chi connectivity index (χ0v) is 10.2. The summed E-state index contributed by atoms with van der Waals surface area (Å²) in [6.07, 6.45) is 4.53. The average molecular weight is 228 g/mol. The summed E-state index contributed by atoms with van der Waals surface area (Å²) < 4.78 is 0. The Bertz CT molecular complexity index is 434. The van der Waals surface area contributed by atoms with Gasteiger partial charge in [-0.2, -0.15) is 0 Å². The Morgan fingerprint density at radius 1 is 1.14 bits per heavy atom. The molecule has 0 saturated carbocycles. The standard InChI is InChI=1S/C11H14NS.ClH/c1-8-11(13(2)3)9-6-4-5-7-10(9)12-8;/h4-7,12H,1-3H3;1H/q+1;/p-1. The zero-order chi connectivity index (χ0) is 9.42. The molecule has 2 aromatic rings. The monoisotopic (exact) mass is 227 g/mol. The van der Waals surface area contributed by atoms with Crippen molar-refractivity contribution < 1.29 is 12.4 Å². The molecular weight excluding hydrogens is 214 g/mol. The smallest absolute Gasteiger partial charge is 0.182 e. The Morgan fingerprint density at radius 2 is 1.79 bits per heavy atom. The van der Waals surface area contributed by atoms with Crippen LogP contribution >= 0.6 is 0 Å². The first-order valence-electron chi connectivity index (χ1n) is 4.35. The molecule has 0 bridgehead atoms. The van der Waals surface area contributed by atoms with Gasteiger partial charge in [-0.05, 0) is 19.1 Å². The highest BCUT2D eigenvalue weighted by atomic mass is 35.5. The number of fused-ring (bicyclic) bond motifs is 1. The van der Waals surface area contributed by atoms with Gasteiger partial charge in [0.2, 0.25) is 0 Å². The second-order valence-electron chi connectivity index (χ2n) is 3.44. The van der Waals surface area contributed by atoms with Crippen LogP contribution in [-0.4, -0.2) is 17.5 Å². The normalized spacial score (nSPS) is 10.6. The molecule has 0 spiro atoms. The van der Waals surface area contributed by atoms with Crippen LogP contribution in [0.1, 0.15) is 5.69 Å². The second-order valence-corrected chi connectivity index (χ2v) is 5.48. The summed E-state index contributed by atoms with van der Waals surface area (Å²) in [4.78, 5) is 4.90. The van der Waals surface area contributed by atoms with E-state index in [2.05, 4.69) is 48.7 Å². The number of hydrogen-bond donors (Lipinski definition) is 1. The molecule has 0 aliphatic carbocycles. The van der Waals surface area contributed by atoms with Crippen LogP contribution < -0.4 is 12.4 Å². The molecule has 1 nitrogen and oxygen atoms in total. The molecule has 1 heterocycles. The van der Waals surface area contributed by atoms with Crippen LogP contribution in [-0.2, 0) is 10.9 Å². The summed E-state index contributed by atoms with van der Waals surface area (Å²) in [5.41, 5.74) is 2.57. The Hall–Kier alpha value is -0.600. The van der Waals surface area contributed by atoms with Gasteiger partial charge in [-0.1, -0.05) is 12.1 Å². The fourth-order valence-electron chi connectivity index (χ4n) is 1.78. The Labute approximate surface area is 93.7 Å². The molecule has 0 fully saturated rings. The van der Waals surface area contributed by atoms with Crippen molar-refractivity contribution in [3.8, 4) is 0 Å². The molecule has 0 atom stereocenters. The van der Waals surface area contributed by atoms with Gasteiger partial charge in [0.05, 0.1) is 16.6 Å². The third kappa shape index (κ3) is 1.77. The Morgan fingerprint density at radius 3 is 2.43 bits per heavy atom. The van der Waals surface area contributed by atoms with Crippen molar-refractivity contribution in [1.82, 2.24) is 4.98 Å². The summed E-state index contributed by atoms with van der Waals surface area (Å²) in [7, 11) is 0.335. The molecule has 0 saturated heterocycles. The van der Waals surface area contributed by atoms with Crippen LogP contribution in [0, 0.1) is 6.92 Å². The number of aromatic amines is 1. The maximum atomic E-state index is 3.42. The molecule has 3 heteroatoms. The van der Waals surface area contributed by atoms with Crippen LogP contribution in [0.5, 0.6) is 0 Å². The van der Waals surface area contributed by atoms with Gasteiger partial charge in [0, 0.05) is 10.9 Å². The van der Waals surface area contributed by atoms with E-state index in [1.165, 1.54) is 21.5 Å². The molecule has 76 valence electrons. The van der Waals surface area contributed by atoms with Crippen LogP contribution in [0.25, 0.3) is 10.9 Å². The van der Waals surface area contributed by atoms with Gasteiger partial charge in [-0.3, -0.25) is 0 Å². The van der Waals surface area contributed by atoms with Crippen molar-refractivity contribution >= 4 is 21.8 Å². The van der Waals surface area contributed by atoms with E-state index in [4.69, 9.17) is 0 Å². The lowest BCUT2D eigenvalue weighted by atomic mass is 10.2. The molecule has 0 aliphatic heterocycles. The molecule has 2 rings (SSSR count). The first-order chi connectivity index (χ1) is 6.20. The maximum absolute atomic E-state index is 3.42. The third-order valence-electron chi connectivity index (χ3n) is 2.24. The van der Waals surface area contributed by atoms with Gasteiger partial charge in [0.15, 0.2) is 4.90 Å². The molecule has 1 aromatic heterocycles. The predicted molar refractivity (Wildman–Crippen MR) is 60.5 cm³/mol. The van der Waals surface area contributed by atoms with Gasteiger partial charge in [-0.25, -0.2) is 0 Å². The number of aryl methyl sites for hydroxylation is 1. The van der Waals surface area contributed by atoms with Gasteiger partial charge < -0.3 is 17.4 Å². The number of hydrogen-bond acceptors (Lipinski definition) is 0. The lowest BCUT2D eigenvalue weighted by Crippen LogP contribution is -3.00. The van der Waals surface area contributed by atoms with Crippen molar-refractivity contribution in [2.45, 2.75) is 11.8 Å². The molecule has 0 aliphatic rings. The van der Waals surface area contributed by atoms with Crippen LogP contribution in [0.15, 0.2) is 29.2 Å². The first kappa shape index (κ1) is 11.5. The van der Waals surface area contributed by atoms with Gasteiger partial charge >= 0.3 is 0 Å². The summed E-state index contributed by atoms with van der Waals surface area (Å²) in [5.74, 6) is 0. The number of H-pyrrole nitrogens is 1. The topological polar surface area (TPSA) is 15.8 Å². The van der Waals surface area contributed by atoms with Crippen LogP contribution in [0.4, 0.5) is 0 Å².